The second kappa shape index (κ2) is 8.33. The molecule has 0 saturated carbocycles. The van der Waals surface area contributed by atoms with Gasteiger partial charge in [0.15, 0.2) is 0 Å². The van der Waals surface area contributed by atoms with Gasteiger partial charge in [0.2, 0.25) is 11.8 Å². The Bertz CT molecular complexity index is 668. The van der Waals surface area contributed by atoms with Gasteiger partial charge < -0.3 is 15.4 Å². The van der Waals surface area contributed by atoms with E-state index in [9.17, 15) is 9.59 Å². The molecule has 23 heavy (non-hydrogen) atoms. The van der Waals surface area contributed by atoms with Gasteiger partial charge in [0.25, 0.3) is 0 Å². The highest BCUT2D eigenvalue weighted by molar-refractivity contribution is 7.07. The Kier molecular flexibility index (Phi) is 6.17. The van der Waals surface area contributed by atoms with E-state index in [0.717, 1.165) is 11.1 Å². The molecule has 2 amide bonds. The van der Waals surface area contributed by atoms with Crippen molar-refractivity contribution in [3.63, 3.8) is 0 Å². The van der Waals surface area contributed by atoms with Gasteiger partial charge in [0, 0.05) is 6.42 Å². The molecule has 122 valence electrons. The van der Waals surface area contributed by atoms with Crippen LogP contribution in [0.2, 0.25) is 0 Å². The molecule has 6 heteroatoms. The van der Waals surface area contributed by atoms with Crippen LogP contribution in [0.4, 0.5) is 5.69 Å². The predicted molar refractivity (Wildman–Crippen MR) is 92.0 cm³/mol. The standard InChI is InChI=1S/C17H20N2O3S/c1-12-3-5-15(22-2)14(9-12)19-17(21)10-18-16(20)6-4-13-7-8-23-11-13/h3,5,7-9,11H,4,6,10H2,1-2H3,(H,18,20)(H,19,21). The van der Waals surface area contributed by atoms with Gasteiger partial charge in [-0.2, -0.15) is 11.3 Å². The minimum atomic E-state index is -0.280. The largest absolute Gasteiger partial charge is 0.495 e. The van der Waals surface area contributed by atoms with Gasteiger partial charge in [0.05, 0.1) is 19.3 Å². The third-order valence-electron chi connectivity index (χ3n) is 3.30. The first kappa shape index (κ1) is 17.0. The molecule has 0 atom stereocenters. The summed E-state index contributed by atoms with van der Waals surface area (Å²) in [7, 11) is 1.55. The summed E-state index contributed by atoms with van der Waals surface area (Å²) in [5, 5.41) is 9.38. The Balaban J connectivity index is 1.78. The van der Waals surface area contributed by atoms with Crippen molar-refractivity contribution in [3.8, 4) is 5.75 Å². The Hall–Kier alpha value is -2.34. The molecule has 1 aromatic carbocycles. The van der Waals surface area contributed by atoms with E-state index in [-0.39, 0.29) is 18.4 Å². The third kappa shape index (κ3) is 5.41. The number of carbonyl (C=O) groups excluding carboxylic acids is 2. The quantitative estimate of drug-likeness (QED) is 0.819. The van der Waals surface area contributed by atoms with Gasteiger partial charge in [-0.15, -0.1) is 0 Å². The monoisotopic (exact) mass is 332 g/mol. The molecule has 2 N–H and O–H groups in total. The first-order valence-electron chi connectivity index (χ1n) is 7.30. The van der Waals surface area contributed by atoms with Gasteiger partial charge in [-0.1, -0.05) is 6.07 Å². The van der Waals surface area contributed by atoms with Gasteiger partial charge in [-0.05, 0) is 53.4 Å². The lowest BCUT2D eigenvalue weighted by Crippen LogP contribution is -2.33. The second-order valence-corrected chi connectivity index (χ2v) is 5.94. The molecule has 0 aliphatic heterocycles. The van der Waals surface area contributed by atoms with Crippen LogP contribution in [0.25, 0.3) is 0 Å². The number of hydrogen-bond donors (Lipinski definition) is 2. The molecule has 2 aromatic rings. The zero-order valence-electron chi connectivity index (χ0n) is 13.2. The molecule has 5 nitrogen and oxygen atoms in total. The Morgan fingerprint density at radius 2 is 2.04 bits per heavy atom. The van der Waals surface area contributed by atoms with Crippen LogP contribution in [0, 0.1) is 6.92 Å². The van der Waals surface area contributed by atoms with Crippen LogP contribution < -0.4 is 15.4 Å². The lowest BCUT2D eigenvalue weighted by molar-refractivity contribution is -0.124. The summed E-state index contributed by atoms with van der Waals surface area (Å²) in [4.78, 5) is 23.7. The second-order valence-electron chi connectivity index (χ2n) is 5.16. The zero-order valence-corrected chi connectivity index (χ0v) is 14.0. The van der Waals surface area contributed by atoms with Gasteiger partial charge in [0.1, 0.15) is 5.75 Å². The molecule has 0 unspecified atom stereocenters. The first-order valence-corrected chi connectivity index (χ1v) is 8.25. The number of thiophene rings is 1. The molecular weight excluding hydrogens is 312 g/mol. The number of rotatable bonds is 7. The smallest absolute Gasteiger partial charge is 0.243 e. The number of methoxy groups -OCH3 is 1. The van der Waals surface area contributed by atoms with Gasteiger partial charge >= 0.3 is 0 Å². The Morgan fingerprint density at radius 3 is 2.74 bits per heavy atom. The maximum Gasteiger partial charge on any atom is 0.243 e. The van der Waals surface area contributed by atoms with Crippen LogP contribution >= 0.6 is 11.3 Å². The van der Waals surface area contributed by atoms with Crippen molar-refractivity contribution >= 4 is 28.8 Å². The van der Waals surface area contributed by atoms with E-state index in [1.54, 1.807) is 24.5 Å². The van der Waals surface area contributed by atoms with Crippen LogP contribution in [-0.2, 0) is 16.0 Å². The fourth-order valence-electron chi connectivity index (χ4n) is 2.07. The van der Waals surface area contributed by atoms with E-state index in [1.807, 2.05) is 35.9 Å². The summed E-state index contributed by atoms with van der Waals surface area (Å²) in [6.07, 6.45) is 1.06. The normalized spacial score (nSPS) is 10.2. The number of carbonyl (C=O) groups is 2. The van der Waals surface area contributed by atoms with Crippen molar-refractivity contribution < 1.29 is 14.3 Å². The van der Waals surface area contributed by atoms with E-state index in [2.05, 4.69) is 10.6 Å². The third-order valence-corrected chi connectivity index (χ3v) is 4.03. The highest BCUT2D eigenvalue weighted by Gasteiger charge is 2.09. The molecule has 0 fully saturated rings. The summed E-state index contributed by atoms with van der Waals surface area (Å²) < 4.78 is 5.21. The molecule has 0 spiro atoms. The van der Waals surface area contributed by atoms with Crippen molar-refractivity contribution in [3.05, 3.63) is 46.2 Å². The van der Waals surface area contributed by atoms with Crippen LogP contribution in [0.5, 0.6) is 5.75 Å². The van der Waals surface area contributed by atoms with E-state index in [1.165, 1.54) is 0 Å². The molecule has 1 heterocycles. The van der Waals surface area contributed by atoms with E-state index in [0.29, 0.717) is 24.3 Å². The topological polar surface area (TPSA) is 67.4 Å². The van der Waals surface area contributed by atoms with Crippen molar-refractivity contribution in [1.82, 2.24) is 5.32 Å². The summed E-state index contributed by atoms with van der Waals surface area (Å²) in [6.45, 7) is 1.88. The average molecular weight is 332 g/mol. The molecule has 0 radical (unpaired) electrons. The molecule has 1 aromatic heterocycles. The van der Waals surface area contributed by atoms with Gasteiger partial charge in [-0.3, -0.25) is 9.59 Å². The lowest BCUT2D eigenvalue weighted by Gasteiger charge is -2.11. The number of amides is 2. The highest BCUT2D eigenvalue weighted by Crippen LogP contribution is 2.24. The summed E-state index contributed by atoms with van der Waals surface area (Å²) in [5.41, 5.74) is 2.75. The number of aryl methyl sites for hydroxylation is 2. The van der Waals surface area contributed by atoms with Crippen molar-refractivity contribution in [1.29, 1.82) is 0 Å². The lowest BCUT2D eigenvalue weighted by atomic mass is 10.2. The number of nitrogens with one attached hydrogen (secondary N) is 2. The molecule has 0 aliphatic carbocycles. The predicted octanol–water partition coefficient (Wildman–Crippen LogP) is 2.75. The Labute approximate surface area is 139 Å². The Morgan fingerprint density at radius 1 is 1.22 bits per heavy atom. The SMILES string of the molecule is COc1ccc(C)cc1NC(=O)CNC(=O)CCc1ccsc1. The molecule has 0 aliphatic rings. The number of anilines is 1. The fraction of sp³-hybridized carbons (Fsp3) is 0.294. The number of ether oxygens (including phenoxy) is 1. The summed E-state index contributed by atoms with van der Waals surface area (Å²) >= 11 is 1.61. The number of benzene rings is 1. The molecule has 0 saturated heterocycles. The number of hydrogen-bond acceptors (Lipinski definition) is 4. The minimum absolute atomic E-state index is 0.0560. The van der Waals surface area contributed by atoms with Crippen LogP contribution in [0.1, 0.15) is 17.5 Å². The van der Waals surface area contributed by atoms with Crippen molar-refractivity contribution in [2.75, 3.05) is 19.0 Å². The highest BCUT2D eigenvalue weighted by atomic mass is 32.1. The summed E-state index contributed by atoms with van der Waals surface area (Å²) in [5.74, 6) is 0.174. The van der Waals surface area contributed by atoms with E-state index in [4.69, 9.17) is 4.74 Å². The van der Waals surface area contributed by atoms with E-state index >= 15 is 0 Å². The molecule has 0 bridgehead atoms. The molecular formula is C17H20N2O3S. The zero-order chi connectivity index (χ0) is 16.7. The fourth-order valence-corrected chi connectivity index (χ4v) is 2.78. The van der Waals surface area contributed by atoms with Crippen LogP contribution in [-0.4, -0.2) is 25.5 Å². The average Bonchev–Trinajstić information content (AvgIpc) is 3.04. The van der Waals surface area contributed by atoms with Crippen LogP contribution in [0.3, 0.4) is 0 Å². The molecule has 2 rings (SSSR count). The summed E-state index contributed by atoms with van der Waals surface area (Å²) in [6, 6.07) is 7.52. The maximum atomic E-state index is 11.9. The maximum absolute atomic E-state index is 11.9. The minimum Gasteiger partial charge on any atom is -0.495 e. The van der Waals surface area contributed by atoms with E-state index < -0.39 is 0 Å². The van der Waals surface area contributed by atoms with Crippen LogP contribution in [0.15, 0.2) is 35.0 Å². The van der Waals surface area contributed by atoms with Crippen molar-refractivity contribution in [2.45, 2.75) is 19.8 Å². The van der Waals surface area contributed by atoms with Gasteiger partial charge in [-0.25, -0.2) is 0 Å². The first-order chi connectivity index (χ1) is 11.1. The van der Waals surface area contributed by atoms with Crippen molar-refractivity contribution in [2.24, 2.45) is 0 Å².